The van der Waals surface area contributed by atoms with Crippen molar-refractivity contribution in [2.24, 2.45) is 7.05 Å². The average molecular weight is 489 g/mol. The number of carbonyl (C=O) groups is 1. The number of fused-ring (bicyclic) bond motifs is 2. The third-order valence-corrected chi connectivity index (χ3v) is 5.97. The molecular weight excluding hydrogens is 468 g/mol. The van der Waals surface area contributed by atoms with E-state index in [4.69, 9.17) is 4.74 Å². The molecule has 0 bridgehead atoms. The van der Waals surface area contributed by atoms with Crippen LogP contribution in [0.5, 0.6) is 11.6 Å². The molecule has 1 amide bonds. The van der Waals surface area contributed by atoms with Crippen LogP contribution < -0.4 is 15.6 Å². The van der Waals surface area contributed by atoms with Crippen molar-refractivity contribution in [3.63, 3.8) is 0 Å². The van der Waals surface area contributed by atoms with Gasteiger partial charge in [-0.05, 0) is 60.7 Å². The predicted octanol–water partition coefficient (Wildman–Crippen LogP) is 4.71. The molecule has 0 aliphatic carbocycles. The van der Waals surface area contributed by atoms with Gasteiger partial charge in [0.15, 0.2) is 0 Å². The molecule has 6 rings (SSSR count). The minimum Gasteiger partial charge on any atom is -0.438 e. The monoisotopic (exact) mass is 488 g/mol. The molecule has 0 saturated heterocycles. The summed E-state index contributed by atoms with van der Waals surface area (Å²) in [6.45, 7) is 0. The van der Waals surface area contributed by atoms with E-state index in [-0.39, 0.29) is 5.56 Å². The number of aryl methyl sites for hydroxylation is 1. The number of ether oxygens (including phenoxy) is 1. The standard InChI is InChI=1S/C28H20N6O3/c1-33-15-13-22-25(33)30-17-31-27(22)37-21-11-9-19(10-12-21)32-26(35)23-16-18-6-5-14-29-24(18)34(28(23)36)20-7-3-2-4-8-20/h2-17H,1H3,(H,32,35). The SMILES string of the molecule is Cn1ccc2c(Oc3ccc(NC(=O)c4cc5cccnc5n(-c5ccccc5)c4=O)cc3)ncnc21. The van der Waals surface area contributed by atoms with Gasteiger partial charge in [0.05, 0.1) is 11.1 Å². The lowest BCUT2D eigenvalue weighted by Gasteiger charge is -2.12. The van der Waals surface area contributed by atoms with Crippen LogP contribution in [0.4, 0.5) is 5.69 Å². The molecule has 6 aromatic rings. The fourth-order valence-corrected chi connectivity index (χ4v) is 4.17. The zero-order valence-corrected chi connectivity index (χ0v) is 19.7. The quantitative estimate of drug-likeness (QED) is 0.377. The van der Waals surface area contributed by atoms with Gasteiger partial charge in [0.2, 0.25) is 5.88 Å². The Hall–Kier alpha value is -5.31. The highest BCUT2D eigenvalue weighted by Gasteiger charge is 2.18. The van der Waals surface area contributed by atoms with Crippen LogP contribution in [0.1, 0.15) is 10.4 Å². The van der Waals surface area contributed by atoms with Gasteiger partial charge >= 0.3 is 0 Å². The van der Waals surface area contributed by atoms with Crippen LogP contribution in [0.2, 0.25) is 0 Å². The zero-order chi connectivity index (χ0) is 25.4. The van der Waals surface area contributed by atoms with Crippen molar-refractivity contribution in [1.29, 1.82) is 0 Å². The highest BCUT2D eigenvalue weighted by atomic mass is 16.5. The number of hydrogen-bond donors (Lipinski definition) is 1. The molecule has 2 aromatic carbocycles. The molecule has 180 valence electrons. The summed E-state index contributed by atoms with van der Waals surface area (Å²) in [7, 11) is 1.90. The Balaban J connectivity index is 1.28. The summed E-state index contributed by atoms with van der Waals surface area (Å²) in [6, 6.07) is 23.0. The average Bonchev–Trinajstić information content (AvgIpc) is 3.31. The van der Waals surface area contributed by atoms with E-state index in [2.05, 4.69) is 20.3 Å². The normalized spacial score (nSPS) is 11.1. The van der Waals surface area contributed by atoms with E-state index in [1.165, 1.54) is 10.9 Å². The maximum absolute atomic E-state index is 13.4. The Labute approximate surface area is 210 Å². The molecule has 1 N–H and O–H groups in total. The number of anilines is 1. The Bertz CT molecular complexity index is 1830. The van der Waals surface area contributed by atoms with Crippen molar-refractivity contribution in [2.75, 3.05) is 5.32 Å². The van der Waals surface area contributed by atoms with E-state index in [1.54, 1.807) is 54.7 Å². The van der Waals surface area contributed by atoms with Crippen molar-refractivity contribution in [2.45, 2.75) is 0 Å². The number of pyridine rings is 2. The number of para-hydroxylation sites is 1. The highest BCUT2D eigenvalue weighted by molar-refractivity contribution is 6.05. The van der Waals surface area contributed by atoms with Crippen molar-refractivity contribution < 1.29 is 9.53 Å². The highest BCUT2D eigenvalue weighted by Crippen LogP contribution is 2.28. The largest absolute Gasteiger partial charge is 0.438 e. The number of amides is 1. The molecular formula is C28H20N6O3. The second-order valence-electron chi connectivity index (χ2n) is 8.37. The molecule has 4 heterocycles. The minimum absolute atomic E-state index is 0.0112. The summed E-state index contributed by atoms with van der Waals surface area (Å²) in [4.78, 5) is 39.5. The first-order valence-electron chi connectivity index (χ1n) is 11.5. The molecule has 9 heteroatoms. The van der Waals surface area contributed by atoms with E-state index in [0.717, 1.165) is 11.0 Å². The summed E-state index contributed by atoms with van der Waals surface area (Å²) in [5.41, 5.74) is 1.95. The van der Waals surface area contributed by atoms with Crippen molar-refractivity contribution in [1.82, 2.24) is 24.1 Å². The molecule has 37 heavy (non-hydrogen) atoms. The van der Waals surface area contributed by atoms with Gasteiger partial charge in [-0.3, -0.25) is 14.2 Å². The summed E-state index contributed by atoms with van der Waals surface area (Å²) in [5.74, 6) is 0.467. The van der Waals surface area contributed by atoms with Crippen molar-refractivity contribution >= 4 is 33.7 Å². The van der Waals surface area contributed by atoms with E-state index in [0.29, 0.717) is 34.0 Å². The van der Waals surface area contributed by atoms with E-state index >= 15 is 0 Å². The molecule has 0 spiro atoms. The van der Waals surface area contributed by atoms with Gasteiger partial charge in [-0.2, -0.15) is 0 Å². The van der Waals surface area contributed by atoms with Gasteiger partial charge in [-0.15, -0.1) is 0 Å². The lowest BCUT2D eigenvalue weighted by Crippen LogP contribution is -2.29. The van der Waals surface area contributed by atoms with Crippen LogP contribution >= 0.6 is 0 Å². The number of hydrogen-bond acceptors (Lipinski definition) is 6. The van der Waals surface area contributed by atoms with Crippen molar-refractivity contribution in [3.05, 3.63) is 114 Å². The fraction of sp³-hybridized carbons (Fsp3) is 0.0357. The lowest BCUT2D eigenvalue weighted by molar-refractivity contribution is 0.102. The lowest BCUT2D eigenvalue weighted by atomic mass is 10.1. The Morgan fingerprint density at radius 1 is 0.892 bits per heavy atom. The first-order chi connectivity index (χ1) is 18.1. The predicted molar refractivity (Wildman–Crippen MR) is 140 cm³/mol. The van der Waals surface area contributed by atoms with Crippen molar-refractivity contribution in [3.8, 4) is 17.3 Å². The molecule has 0 fully saturated rings. The molecule has 0 saturated carbocycles. The number of nitrogens with zero attached hydrogens (tertiary/aromatic N) is 5. The van der Waals surface area contributed by atoms with Gasteiger partial charge in [-0.1, -0.05) is 18.2 Å². The van der Waals surface area contributed by atoms with Gasteiger partial charge in [0, 0.05) is 30.5 Å². The molecule has 0 atom stereocenters. The summed E-state index contributed by atoms with van der Waals surface area (Å²) in [6.07, 6.45) is 4.96. The Morgan fingerprint density at radius 2 is 1.70 bits per heavy atom. The maximum atomic E-state index is 13.4. The van der Waals surface area contributed by atoms with E-state index in [9.17, 15) is 9.59 Å². The Morgan fingerprint density at radius 3 is 2.51 bits per heavy atom. The van der Waals surface area contributed by atoms with Crippen LogP contribution in [0, 0.1) is 0 Å². The van der Waals surface area contributed by atoms with Crippen LogP contribution in [0.25, 0.3) is 27.8 Å². The van der Waals surface area contributed by atoms with Gasteiger partial charge in [0.25, 0.3) is 11.5 Å². The topological polar surface area (TPSA) is 104 Å². The summed E-state index contributed by atoms with van der Waals surface area (Å²) >= 11 is 0. The number of nitrogens with one attached hydrogen (secondary N) is 1. The third-order valence-electron chi connectivity index (χ3n) is 5.97. The summed E-state index contributed by atoms with van der Waals surface area (Å²) < 4.78 is 9.28. The number of aromatic nitrogens is 5. The fourth-order valence-electron chi connectivity index (χ4n) is 4.17. The molecule has 0 radical (unpaired) electrons. The second kappa shape index (κ2) is 9.04. The van der Waals surface area contributed by atoms with E-state index in [1.807, 2.05) is 48.1 Å². The first-order valence-corrected chi connectivity index (χ1v) is 11.5. The van der Waals surface area contributed by atoms with Gasteiger partial charge in [-0.25, -0.2) is 15.0 Å². The Kier molecular flexibility index (Phi) is 5.42. The molecule has 0 aliphatic heterocycles. The first kappa shape index (κ1) is 22.2. The smallest absolute Gasteiger partial charge is 0.269 e. The van der Waals surface area contributed by atoms with Gasteiger partial charge in [0.1, 0.15) is 28.9 Å². The minimum atomic E-state index is -0.518. The van der Waals surface area contributed by atoms with Crippen LogP contribution in [0.15, 0.2) is 102 Å². The van der Waals surface area contributed by atoms with E-state index < -0.39 is 11.5 Å². The molecule has 9 nitrogen and oxygen atoms in total. The summed E-state index contributed by atoms with van der Waals surface area (Å²) in [5, 5.41) is 4.28. The van der Waals surface area contributed by atoms with Crippen LogP contribution in [-0.2, 0) is 7.05 Å². The molecule has 0 unspecified atom stereocenters. The maximum Gasteiger partial charge on any atom is 0.269 e. The molecule has 0 aliphatic rings. The third kappa shape index (κ3) is 4.08. The molecule has 4 aromatic heterocycles. The number of benzene rings is 2. The zero-order valence-electron chi connectivity index (χ0n) is 19.7. The van der Waals surface area contributed by atoms with Crippen LogP contribution in [-0.4, -0.2) is 30.0 Å². The van der Waals surface area contributed by atoms with Crippen LogP contribution in [0.3, 0.4) is 0 Å². The number of rotatable bonds is 5. The second-order valence-corrected chi connectivity index (χ2v) is 8.37. The van der Waals surface area contributed by atoms with Gasteiger partial charge < -0.3 is 14.6 Å². The number of carbonyl (C=O) groups excluding carboxylic acids is 1.